The van der Waals surface area contributed by atoms with Gasteiger partial charge in [0.05, 0.1) is 5.69 Å². The quantitative estimate of drug-likeness (QED) is 0.617. The van der Waals surface area contributed by atoms with Crippen molar-refractivity contribution in [3.05, 3.63) is 72.3 Å². The molecule has 2 heterocycles. The van der Waals surface area contributed by atoms with E-state index in [4.69, 9.17) is 9.97 Å². The monoisotopic (exact) mass is 358 g/mol. The Hall–Kier alpha value is -2.88. The van der Waals surface area contributed by atoms with E-state index in [1.54, 1.807) is 0 Å². The molecule has 1 aromatic heterocycles. The molecule has 138 valence electrons. The summed E-state index contributed by atoms with van der Waals surface area (Å²) >= 11 is 0. The van der Waals surface area contributed by atoms with E-state index in [1.165, 1.54) is 18.4 Å². The van der Waals surface area contributed by atoms with Crippen molar-refractivity contribution in [3.8, 4) is 11.3 Å². The van der Waals surface area contributed by atoms with Gasteiger partial charge in [0.25, 0.3) is 0 Å². The molecule has 2 aromatic carbocycles. The third-order valence-corrected chi connectivity index (χ3v) is 4.96. The van der Waals surface area contributed by atoms with E-state index in [0.717, 1.165) is 55.5 Å². The molecule has 4 rings (SSSR count). The number of aryl methyl sites for hydroxylation is 1. The summed E-state index contributed by atoms with van der Waals surface area (Å²) in [6, 6.07) is 23.1. The molecular formula is C23H26N4. The van der Waals surface area contributed by atoms with Gasteiger partial charge in [-0.15, -0.1) is 0 Å². The van der Waals surface area contributed by atoms with Crippen molar-refractivity contribution in [2.24, 2.45) is 0 Å². The number of nitrogens with one attached hydrogen (secondary N) is 1. The van der Waals surface area contributed by atoms with E-state index >= 15 is 0 Å². The largest absolute Gasteiger partial charge is 0.370 e. The zero-order valence-electron chi connectivity index (χ0n) is 15.6. The van der Waals surface area contributed by atoms with Gasteiger partial charge < -0.3 is 10.2 Å². The maximum absolute atomic E-state index is 4.84. The van der Waals surface area contributed by atoms with Gasteiger partial charge in [0.1, 0.15) is 5.82 Å². The summed E-state index contributed by atoms with van der Waals surface area (Å²) in [6.07, 6.45) is 4.59. The summed E-state index contributed by atoms with van der Waals surface area (Å²) in [4.78, 5) is 11.9. The Kier molecular flexibility index (Phi) is 5.63. The molecule has 0 spiro atoms. The van der Waals surface area contributed by atoms with Crippen LogP contribution in [0.2, 0.25) is 0 Å². The highest BCUT2D eigenvalue weighted by molar-refractivity contribution is 5.64. The van der Waals surface area contributed by atoms with Gasteiger partial charge in [0, 0.05) is 31.3 Å². The minimum absolute atomic E-state index is 0.847. The van der Waals surface area contributed by atoms with Gasteiger partial charge in [-0.25, -0.2) is 4.98 Å². The number of rotatable bonds is 7. The Morgan fingerprint density at radius 1 is 0.852 bits per heavy atom. The van der Waals surface area contributed by atoms with Crippen LogP contribution in [-0.2, 0) is 6.42 Å². The predicted molar refractivity (Wildman–Crippen MR) is 112 cm³/mol. The lowest BCUT2D eigenvalue weighted by Gasteiger charge is -2.18. The maximum atomic E-state index is 4.84. The number of hydrogen-bond donors (Lipinski definition) is 1. The van der Waals surface area contributed by atoms with Crippen LogP contribution in [0.15, 0.2) is 66.7 Å². The molecule has 0 bridgehead atoms. The molecule has 4 heteroatoms. The zero-order chi connectivity index (χ0) is 18.3. The second kappa shape index (κ2) is 8.67. The lowest BCUT2D eigenvalue weighted by Crippen LogP contribution is -2.21. The highest BCUT2D eigenvalue weighted by Crippen LogP contribution is 2.24. The van der Waals surface area contributed by atoms with E-state index in [0.29, 0.717) is 0 Å². The fourth-order valence-electron chi connectivity index (χ4n) is 3.49. The Morgan fingerprint density at radius 2 is 1.56 bits per heavy atom. The van der Waals surface area contributed by atoms with Gasteiger partial charge in [0.2, 0.25) is 5.95 Å². The first-order valence-corrected chi connectivity index (χ1v) is 9.86. The molecule has 3 aromatic rings. The first-order chi connectivity index (χ1) is 13.4. The van der Waals surface area contributed by atoms with Gasteiger partial charge in [-0.2, -0.15) is 4.98 Å². The Balaban J connectivity index is 1.48. The number of aromatic nitrogens is 2. The van der Waals surface area contributed by atoms with Crippen molar-refractivity contribution in [2.45, 2.75) is 25.7 Å². The fourth-order valence-corrected chi connectivity index (χ4v) is 3.49. The Morgan fingerprint density at radius 3 is 2.30 bits per heavy atom. The maximum Gasteiger partial charge on any atom is 0.227 e. The molecule has 1 saturated heterocycles. The Bertz CT molecular complexity index is 843. The summed E-state index contributed by atoms with van der Waals surface area (Å²) in [6.45, 7) is 3.00. The van der Waals surface area contributed by atoms with Gasteiger partial charge in [-0.05, 0) is 31.2 Å². The second-order valence-electron chi connectivity index (χ2n) is 7.01. The molecule has 0 amide bonds. The topological polar surface area (TPSA) is 41.1 Å². The van der Waals surface area contributed by atoms with E-state index in [-0.39, 0.29) is 0 Å². The summed E-state index contributed by atoms with van der Waals surface area (Å²) in [5.41, 5.74) is 3.50. The van der Waals surface area contributed by atoms with Crippen molar-refractivity contribution >= 4 is 11.8 Å². The normalized spacial score (nSPS) is 13.7. The van der Waals surface area contributed by atoms with Crippen LogP contribution in [0.4, 0.5) is 11.8 Å². The van der Waals surface area contributed by atoms with Crippen LogP contribution in [0, 0.1) is 0 Å². The van der Waals surface area contributed by atoms with Crippen molar-refractivity contribution in [2.75, 3.05) is 29.9 Å². The lowest BCUT2D eigenvalue weighted by molar-refractivity contribution is 0.852. The molecule has 1 fully saturated rings. The van der Waals surface area contributed by atoms with Gasteiger partial charge >= 0.3 is 0 Å². The van der Waals surface area contributed by atoms with Crippen LogP contribution in [-0.4, -0.2) is 29.6 Å². The van der Waals surface area contributed by atoms with E-state index in [1.807, 2.05) is 6.07 Å². The molecule has 1 aliphatic heterocycles. The van der Waals surface area contributed by atoms with Crippen molar-refractivity contribution in [1.29, 1.82) is 0 Å². The molecule has 1 N–H and O–H groups in total. The van der Waals surface area contributed by atoms with Crippen LogP contribution in [0.25, 0.3) is 11.3 Å². The minimum atomic E-state index is 0.847. The predicted octanol–water partition coefficient (Wildman–Crippen LogP) is 4.79. The highest BCUT2D eigenvalue weighted by atomic mass is 15.3. The third kappa shape index (κ3) is 4.64. The molecule has 0 saturated carbocycles. The average molecular weight is 358 g/mol. The van der Waals surface area contributed by atoms with Crippen molar-refractivity contribution in [1.82, 2.24) is 9.97 Å². The van der Waals surface area contributed by atoms with E-state index in [2.05, 4.69) is 70.9 Å². The fraction of sp³-hybridized carbons (Fsp3) is 0.304. The molecule has 0 unspecified atom stereocenters. The number of hydrogen-bond acceptors (Lipinski definition) is 4. The van der Waals surface area contributed by atoms with E-state index < -0.39 is 0 Å². The standard InChI is InChI=1S/C23H26N4/c1-3-10-19(11-4-1)12-9-15-24-22-18-21(20-13-5-2-6-14-20)25-23(26-22)27-16-7-8-17-27/h1-6,10-11,13-14,18H,7-9,12,15-17H2,(H,24,25,26). The molecule has 0 atom stereocenters. The minimum Gasteiger partial charge on any atom is -0.370 e. The number of nitrogens with zero attached hydrogens (tertiary/aromatic N) is 3. The summed E-state index contributed by atoms with van der Waals surface area (Å²) in [7, 11) is 0. The molecular weight excluding hydrogens is 332 g/mol. The van der Waals surface area contributed by atoms with Crippen LogP contribution in [0.3, 0.4) is 0 Å². The van der Waals surface area contributed by atoms with Crippen molar-refractivity contribution < 1.29 is 0 Å². The van der Waals surface area contributed by atoms with Crippen LogP contribution in [0.1, 0.15) is 24.8 Å². The smallest absolute Gasteiger partial charge is 0.227 e. The molecule has 1 aliphatic rings. The van der Waals surface area contributed by atoms with Gasteiger partial charge in [-0.3, -0.25) is 0 Å². The molecule has 4 nitrogen and oxygen atoms in total. The van der Waals surface area contributed by atoms with Gasteiger partial charge in [0.15, 0.2) is 0 Å². The van der Waals surface area contributed by atoms with Gasteiger partial charge in [-0.1, -0.05) is 60.7 Å². The molecule has 0 aliphatic carbocycles. The van der Waals surface area contributed by atoms with Crippen LogP contribution in [0.5, 0.6) is 0 Å². The SMILES string of the molecule is c1ccc(CCCNc2cc(-c3ccccc3)nc(N3CCCC3)n2)cc1. The number of benzene rings is 2. The zero-order valence-corrected chi connectivity index (χ0v) is 15.6. The van der Waals surface area contributed by atoms with Crippen LogP contribution >= 0.6 is 0 Å². The Labute approximate surface area is 161 Å². The second-order valence-corrected chi connectivity index (χ2v) is 7.01. The summed E-state index contributed by atoms with van der Waals surface area (Å²) in [5.74, 6) is 1.76. The first-order valence-electron chi connectivity index (χ1n) is 9.86. The van der Waals surface area contributed by atoms with Crippen molar-refractivity contribution in [3.63, 3.8) is 0 Å². The highest BCUT2D eigenvalue weighted by Gasteiger charge is 2.17. The average Bonchev–Trinajstić information content (AvgIpc) is 3.28. The summed E-state index contributed by atoms with van der Waals surface area (Å²) in [5, 5.41) is 3.51. The lowest BCUT2D eigenvalue weighted by atomic mass is 10.1. The molecule has 0 radical (unpaired) electrons. The third-order valence-electron chi connectivity index (χ3n) is 4.96. The van der Waals surface area contributed by atoms with Crippen LogP contribution < -0.4 is 10.2 Å². The molecule has 27 heavy (non-hydrogen) atoms. The first kappa shape index (κ1) is 17.5. The number of anilines is 2. The summed E-state index contributed by atoms with van der Waals surface area (Å²) < 4.78 is 0. The van der Waals surface area contributed by atoms with E-state index in [9.17, 15) is 0 Å².